The molecule has 2 N–H and O–H groups in total. The summed E-state index contributed by atoms with van der Waals surface area (Å²) in [6.45, 7) is 5.71. The molecule has 7 heteroatoms. The van der Waals surface area contributed by atoms with Crippen molar-refractivity contribution in [2.75, 3.05) is 13.7 Å². The van der Waals surface area contributed by atoms with E-state index in [1.165, 1.54) is 7.11 Å². The van der Waals surface area contributed by atoms with Crippen molar-refractivity contribution >= 4 is 11.9 Å². The highest BCUT2D eigenvalue weighted by Gasteiger charge is 2.22. The minimum Gasteiger partial charge on any atom is -0.480 e. The Kier molecular flexibility index (Phi) is 5.35. The smallest absolute Gasteiger partial charge is 0.328 e. The van der Waals surface area contributed by atoms with Crippen molar-refractivity contribution in [1.82, 2.24) is 15.1 Å². The van der Waals surface area contributed by atoms with E-state index in [0.29, 0.717) is 0 Å². The van der Waals surface area contributed by atoms with E-state index in [-0.39, 0.29) is 12.3 Å². The highest BCUT2D eigenvalue weighted by atomic mass is 16.5. The van der Waals surface area contributed by atoms with Crippen LogP contribution in [0.15, 0.2) is 24.3 Å². The van der Waals surface area contributed by atoms with E-state index in [4.69, 9.17) is 9.84 Å². The van der Waals surface area contributed by atoms with Gasteiger partial charge in [0.15, 0.2) is 11.7 Å². The van der Waals surface area contributed by atoms with Crippen LogP contribution in [0.2, 0.25) is 0 Å². The minimum atomic E-state index is -1.16. The SMILES string of the molecule is COCC(NC(=O)c1cc(C)n(-c2cc(C)cc(C)c2)n1)C(=O)O. The molecule has 128 valence electrons. The Morgan fingerprint density at radius 3 is 2.38 bits per heavy atom. The van der Waals surface area contributed by atoms with Crippen molar-refractivity contribution in [2.24, 2.45) is 0 Å². The number of hydrogen-bond donors (Lipinski definition) is 2. The molecule has 2 aromatic rings. The number of carbonyl (C=O) groups excluding carboxylic acids is 1. The van der Waals surface area contributed by atoms with Crippen molar-refractivity contribution in [2.45, 2.75) is 26.8 Å². The molecule has 0 aliphatic rings. The molecule has 0 fully saturated rings. The lowest BCUT2D eigenvalue weighted by molar-refractivity contribution is -0.140. The van der Waals surface area contributed by atoms with Crippen molar-refractivity contribution in [1.29, 1.82) is 0 Å². The summed E-state index contributed by atoms with van der Waals surface area (Å²) in [5, 5.41) is 15.8. The summed E-state index contributed by atoms with van der Waals surface area (Å²) < 4.78 is 6.47. The zero-order valence-corrected chi connectivity index (χ0v) is 14.2. The Morgan fingerprint density at radius 1 is 1.21 bits per heavy atom. The number of rotatable bonds is 6. The van der Waals surface area contributed by atoms with Gasteiger partial charge < -0.3 is 15.2 Å². The van der Waals surface area contributed by atoms with Gasteiger partial charge in [0.25, 0.3) is 5.91 Å². The van der Waals surface area contributed by atoms with Gasteiger partial charge in [0.2, 0.25) is 0 Å². The lowest BCUT2D eigenvalue weighted by Crippen LogP contribution is -2.44. The zero-order valence-electron chi connectivity index (χ0n) is 14.2. The van der Waals surface area contributed by atoms with Crippen LogP contribution < -0.4 is 5.32 Å². The van der Waals surface area contributed by atoms with Crippen LogP contribution in [0.3, 0.4) is 0 Å². The minimum absolute atomic E-state index is 0.113. The first kappa shape index (κ1) is 17.7. The standard InChI is InChI=1S/C17H21N3O4/c1-10-5-11(2)7-13(6-10)20-12(3)8-14(19-20)16(21)18-15(9-24-4)17(22)23/h5-8,15H,9H2,1-4H3,(H,18,21)(H,22,23). The van der Waals surface area contributed by atoms with E-state index in [1.54, 1.807) is 10.7 Å². The van der Waals surface area contributed by atoms with Crippen LogP contribution in [0.1, 0.15) is 27.3 Å². The zero-order chi connectivity index (χ0) is 17.9. The number of aliphatic carboxylic acids is 1. The van der Waals surface area contributed by atoms with Crippen LogP contribution in [0, 0.1) is 20.8 Å². The largest absolute Gasteiger partial charge is 0.480 e. The van der Waals surface area contributed by atoms with Gasteiger partial charge in [0, 0.05) is 12.8 Å². The number of aryl methyl sites for hydroxylation is 3. The number of ether oxygens (including phenoxy) is 1. The summed E-state index contributed by atoms with van der Waals surface area (Å²) in [4.78, 5) is 23.4. The molecule has 2 rings (SSSR count). The van der Waals surface area contributed by atoms with Crippen LogP contribution in [0.5, 0.6) is 0 Å². The Labute approximate surface area is 140 Å². The van der Waals surface area contributed by atoms with Crippen LogP contribution in [-0.4, -0.2) is 46.5 Å². The van der Waals surface area contributed by atoms with Crippen molar-refractivity contribution < 1.29 is 19.4 Å². The summed E-state index contributed by atoms with van der Waals surface area (Å²) in [5.41, 5.74) is 3.99. The van der Waals surface area contributed by atoms with E-state index >= 15 is 0 Å². The maximum absolute atomic E-state index is 12.3. The third-order valence-electron chi connectivity index (χ3n) is 3.51. The molecule has 7 nitrogen and oxygen atoms in total. The molecule has 0 spiro atoms. The molecule has 1 aromatic carbocycles. The number of nitrogens with zero attached hydrogens (tertiary/aromatic N) is 2. The van der Waals surface area contributed by atoms with Gasteiger partial charge in [-0.05, 0) is 50.1 Å². The first-order chi connectivity index (χ1) is 11.3. The number of nitrogens with one attached hydrogen (secondary N) is 1. The van der Waals surface area contributed by atoms with E-state index < -0.39 is 17.9 Å². The van der Waals surface area contributed by atoms with Gasteiger partial charge in [0.1, 0.15) is 0 Å². The normalized spacial score (nSPS) is 12.0. The molecule has 0 radical (unpaired) electrons. The Bertz CT molecular complexity index is 747. The maximum atomic E-state index is 12.3. The molecular formula is C17H21N3O4. The number of hydrogen-bond acceptors (Lipinski definition) is 4. The molecule has 1 aromatic heterocycles. The molecule has 1 amide bonds. The number of benzene rings is 1. The molecule has 0 aliphatic heterocycles. The number of carboxylic acid groups (broad SMARTS) is 1. The fraction of sp³-hybridized carbons (Fsp3) is 0.353. The monoisotopic (exact) mass is 331 g/mol. The number of carbonyl (C=O) groups is 2. The average Bonchev–Trinajstić information content (AvgIpc) is 2.87. The highest BCUT2D eigenvalue weighted by molar-refractivity contribution is 5.95. The summed E-state index contributed by atoms with van der Waals surface area (Å²) in [6.07, 6.45) is 0. The maximum Gasteiger partial charge on any atom is 0.328 e. The Hall–Kier alpha value is -2.67. The molecule has 0 saturated carbocycles. The van der Waals surface area contributed by atoms with Crippen molar-refractivity contribution in [3.05, 3.63) is 46.8 Å². The second-order valence-electron chi connectivity index (χ2n) is 5.75. The second-order valence-corrected chi connectivity index (χ2v) is 5.75. The Morgan fingerprint density at radius 2 is 1.83 bits per heavy atom. The van der Waals surface area contributed by atoms with Crippen LogP contribution in [0.4, 0.5) is 0 Å². The highest BCUT2D eigenvalue weighted by Crippen LogP contribution is 2.16. The second kappa shape index (κ2) is 7.27. The summed E-state index contributed by atoms with van der Waals surface area (Å²) >= 11 is 0. The predicted molar refractivity (Wildman–Crippen MR) is 88.5 cm³/mol. The molecular weight excluding hydrogens is 310 g/mol. The van der Waals surface area contributed by atoms with E-state index in [0.717, 1.165) is 22.5 Å². The van der Waals surface area contributed by atoms with Crippen LogP contribution in [-0.2, 0) is 9.53 Å². The van der Waals surface area contributed by atoms with Gasteiger partial charge in [-0.3, -0.25) is 4.79 Å². The molecule has 1 unspecified atom stereocenters. The van der Waals surface area contributed by atoms with Crippen LogP contribution >= 0.6 is 0 Å². The van der Waals surface area contributed by atoms with E-state index in [2.05, 4.69) is 16.5 Å². The first-order valence-electron chi connectivity index (χ1n) is 7.49. The van der Waals surface area contributed by atoms with Gasteiger partial charge in [-0.1, -0.05) is 6.07 Å². The first-order valence-corrected chi connectivity index (χ1v) is 7.49. The van der Waals surface area contributed by atoms with Gasteiger partial charge in [-0.15, -0.1) is 0 Å². The van der Waals surface area contributed by atoms with Crippen molar-refractivity contribution in [3.8, 4) is 5.69 Å². The summed E-state index contributed by atoms with van der Waals surface area (Å²) in [7, 11) is 1.38. The summed E-state index contributed by atoms with van der Waals surface area (Å²) in [5.74, 6) is -1.71. The topological polar surface area (TPSA) is 93.5 Å². The molecule has 1 atom stereocenters. The third kappa shape index (κ3) is 3.99. The predicted octanol–water partition coefficient (Wildman–Crippen LogP) is 1.63. The number of aromatic nitrogens is 2. The Balaban J connectivity index is 2.27. The van der Waals surface area contributed by atoms with E-state index in [1.807, 2.05) is 32.9 Å². The number of carboxylic acids is 1. The third-order valence-corrected chi connectivity index (χ3v) is 3.51. The van der Waals surface area contributed by atoms with Gasteiger partial charge in [-0.2, -0.15) is 5.10 Å². The summed E-state index contributed by atoms with van der Waals surface area (Å²) in [6, 6.07) is 6.50. The fourth-order valence-electron chi connectivity index (χ4n) is 2.49. The van der Waals surface area contributed by atoms with Crippen molar-refractivity contribution in [3.63, 3.8) is 0 Å². The lowest BCUT2D eigenvalue weighted by atomic mass is 10.1. The lowest BCUT2D eigenvalue weighted by Gasteiger charge is -2.12. The molecule has 0 bridgehead atoms. The molecule has 1 heterocycles. The molecule has 24 heavy (non-hydrogen) atoms. The van der Waals surface area contributed by atoms with Crippen LogP contribution in [0.25, 0.3) is 5.69 Å². The number of methoxy groups -OCH3 is 1. The van der Waals surface area contributed by atoms with Gasteiger partial charge in [-0.25, -0.2) is 9.48 Å². The fourth-order valence-corrected chi connectivity index (χ4v) is 2.49. The van der Waals surface area contributed by atoms with Gasteiger partial charge in [0.05, 0.1) is 12.3 Å². The molecule has 0 saturated heterocycles. The average molecular weight is 331 g/mol. The van der Waals surface area contributed by atoms with E-state index in [9.17, 15) is 9.59 Å². The quantitative estimate of drug-likeness (QED) is 0.839. The number of amides is 1. The molecule has 0 aliphatic carbocycles. The van der Waals surface area contributed by atoms with Gasteiger partial charge >= 0.3 is 5.97 Å².